The molecule has 0 spiro atoms. The van der Waals surface area contributed by atoms with Gasteiger partial charge in [0.15, 0.2) is 0 Å². The number of hydrogen-bond donors (Lipinski definition) is 2. The highest BCUT2D eigenvalue weighted by Gasteiger charge is 2.16. The van der Waals surface area contributed by atoms with E-state index < -0.39 is 5.97 Å². The summed E-state index contributed by atoms with van der Waals surface area (Å²) in [6, 6.07) is 0. The Bertz CT molecular complexity index is 264. The summed E-state index contributed by atoms with van der Waals surface area (Å²) >= 11 is 0. The minimum atomic E-state index is -0.864. The van der Waals surface area contributed by atoms with Crippen molar-refractivity contribution >= 4 is 5.97 Å². The van der Waals surface area contributed by atoms with Crippen LogP contribution in [0.5, 0.6) is 0 Å². The monoisotopic (exact) mass is 226 g/mol. The topological polar surface area (TPSA) is 52.6 Å². The molecule has 0 aromatic heterocycles. The van der Waals surface area contributed by atoms with Crippen LogP contribution in [0.15, 0.2) is 11.6 Å². The van der Waals surface area contributed by atoms with E-state index in [-0.39, 0.29) is 0 Å². The molecule has 4 heteroatoms. The van der Waals surface area contributed by atoms with Crippen molar-refractivity contribution in [3.05, 3.63) is 11.6 Å². The summed E-state index contributed by atoms with van der Waals surface area (Å²) in [5, 5.41) is 11.9. The molecule has 0 bridgehead atoms. The molecule has 0 amide bonds. The Hall–Kier alpha value is -0.870. The second kappa shape index (κ2) is 6.66. The van der Waals surface area contributed by atoms with Gasteiger partial charge in [-0.05, 0) is 45.8 Å². The smallest absolute Gasteiger partial charge is 0.328 e. The SMILES string of the molecule is CC(=CC(=O)O)CNCC1CCCN(C)C1. The number of aliphatic carboxylic acids is 1. The molecular formula is C12H22N2O2. The summed E-state index contributed by atoms with van der Waals surface area (Å²) in [5.41, 5.74) is 0.872. The summed E-state index contributed by atoms with van der Waals surface area (Å²) < 4.78 is 0. The minimum absolute atomic E-state index is 0.673. The number of piperidine rings is 1. The van der Waals surface area contributed by atoms with Gasteiger partial charge in [-0.15, -0.1) is 0 Å². The van der Waals surface area contributed by atoms with Crippen molar-refractivity contribution < 1.29 is 9.90 Å². The maximum atomic E-state index is 10.4. The second-order valence-corrected chi connectivity index (χ2v) is 4.73. The largest absolute Gasteiger partial charge is 0.478 e. The van der Waals surface area contributed by atoms with Gasteiger partial charge in [0.1, 0.15) is 0 Å². The first-order valence-corrected chi connectivity index (χ1v) is 5.87. The fourth-order valence-electron chi connectivity index (χ4n) is 2.18. The zero-order valence-electron chi connectivity index (χ0n) is 10.2. The zero-order chi connectivity index (χ0) is 12.0. The van der Waals surface area contributed by atoms with E-state index in [2.05, 4.69) is 17.3 Å². The third kappa shape index (κ3) is 5.28. The maximum absolute atomic E-state index is 10.4. The van der Waals surface area contributed by atoms with Crippen LogP contribution in [0.25, 0.3) is 0 Å². The third-order valence-corrected chi connectivity index (χ3v) is 2.93. The molecule has 16 heavy (non-hydrogen) atoms. The van der Waals surface area contributed by atoms with E-state index in [1.807, 2.05) is 6.92 Å². The van der Waals surface area contributed by atoms with Crippen molar-refractivity contribution in [3.63, 3.8) is 0 Å². The van der Waals surface area contributed by atoms with Crippen molar-refractivity contribution in [1.29, 1.82) is 0 Å². The maximum Gasteiger partial charge on any atom is 0.328 e. The molecule has 1 saturated heterocycles. The molecule has 1 aliphatic rings. The molecule has 1 fully saturated rings. The Morgan fingerprint density at radius 3 is 3.00 bits per heavy atom. The summed E-state index contributed by atoms with van der Waals surface area (Å²) in [5.74, 6) is -0.159. The Labute approximate surface area is 97.3 Å². The average molecular weight is 226 g/mol. The van der Waals surface area contributed by atoms with Gasteiger partial charge in [0.25, 0.3) is 0 Å². The molecule has 1 rings (SSSR count). The van der Waals surface area contributed by atoms with Gasteiger partial charge in [-0.2, -0.15) is 0 Å². The van der Waals surface area contributed by atoms with Crippen molar-refractivity contribution in [2.45, 2.75) is 19.8 Å². The lowest BCUT2D eigenvalue weighted by molar-refractivity contribution is -0.131. The zero-order valence-corrected chi connectivity index (χ0v) is 10.2. The quantitative estimate of drug-likeness (QED) is 0.685. The third-order valence-electron chi connectivity index (χ3n) is 2.93. The van der Waals surface area contributed by atoms with Gasteiger partial charge in [-0.25, -0.2) is 4.79 Å². The lowest BCUT2D eigenvalue weighted by Crippen LogP contribution is -2.37. The second-order valence-electron chi connectivity index (χ2n) is 4.73. The molecule has 1 unspecified atom stereocenters. The predicted octanol–water partition coefficient (Wildman–Crippen LogP) is 0.949. The van der Waals surface area contributed by atoms with Gasteiger partial charge in [0.2, 0.25) is 0 Å². The van der Waals surface area contributed by atoms with E-state index in [0.29, 0.717) is 12.5 Å². The van der Waals surface area contributed by atoms with E-state index in [0.717, 1.165) is 18.7 Å². The average Bonchev–Trinajstić information content (AvgIpc) is 2.16. The van der Waals surface area contributed by atoms with E-state index >= 15 is 0 Å². The number of carbonyl (C=O) groups is 1. The molecule has 1 atom stereocenters. The summed E-state index contributed by atoms with van der Waals surface area (Å²) in [6.45, 7) is 5.85. The first-order chi connectivity index (χ1) is 7.58. The van der Waals surface area contributed by atoms with Crippen molar-refractivity contribution in [2.75, 3.05) is 33.2 Å². The van der Waals surface area contributed by atoms with Gasteiger partial charge in [-0.1, -0.05) is 5.57 Å². The molecule has 0 aromatic carbocycles. The number of nitrogens with one attached hydrogen (secondary N) is 1. The highest BCUT2D eigenvalue weighted by Crippen LogP contribution is 2.13. The standard InChI is InChI=1S/C12H22N2O2/c1-10(6-12(15)16)7-13-8-11-4-3-5-14(2)9-11/h6,11,13H,3-5,7-9H2,1-2H3,(H,15,16). The number of likely N-dealkylation sites (tertiary alicyclic amines) is 1. The van der Waals surface area contributed by atoms with E-state index in [4.69, 9.17) is 5.11 Å². The van der Waals surface area contributed by atoms with Gasteiger partial charge in [0.05, 0.1) is 0 Å². The molecule has 2 N–H and O–H groups in total. The first kappa shape index (κ1) is 13.2. The van der Waals surface area contributed by atoms with E-state index in [1.54, 1.807) is 0 Å². The van der Waals surface area contributed by atoms with Crippen LogP contribution in [-0.4, -0.2) is 49.2 Å². The summed E-state index contributed by atoms with van der Waals surface area (Å²) in [7, 11) is 2.15. The number of carboxylic acids is 1. The van der Waals surface area contributed by atoms with Crippen LogP contribution in [0.4, 0.5) is 0 Å². The molecule has 4 nitrogen and oxygen atoms in total. The van der Waals surface area contributed by atoms with Crippen LogP contribution < -0.4 is 5.32 Å². The fraction of sp³-hybridized carbons (Fsp3) is 0.750. The lowest BCUT2D eigenvalue weighted by atomic mass is 9.98. The highest BCUT2D eigenvalue weighted by molar-refractivity contribution is 5.80. The molecule has 1 heterocycles. The van der Waals surface area contributed by atoms with Gasteiger partial charge in [0, 0.05) is 19.2 Å². The Morgan fingerprint density at radius 1 is 1.62 bits per heavy atom. The fourth-order valence-corrected chi connectivity index (χ4v) is 2.18. The Morgan fingerprint density at radius 2 is 2.38 bits per heavy atom. The van der Waals surface area contributed by atoms with Crippen molar-refractivity contribution in [3.8, 4) is 0 Å². The highest BCUT2D eigenvalue weighted by atomic mass is 16.4. The molecule has 0 saturated carbocycles. The first-order valence-electron chi connectivity index (χ1n) is 5.87. The minimum Gasteiger partial charge on any atom is -0.478 e. The van der Waals surface area contributed by atoms with E-state index in [1.165, 1.54) is 25.5 Å². The van der Waals surface area contributed by atoms with Crippen LogP contribution in [-0.2, 0) is 4.79 Å². The van der Waals surface area contributed by atoms with Gasteiger partial charge >= 0.3 is 5.97 Å². The molecule has 92 valence electrons. The molecule has 1 aliphatic heterocycles. The molecule has 0 radical (unpaired) electrons. The summed E-state index contributed by atoms with van der Waals surface area (Å²) in [4.78, 5) is 12.8. The normalized spacial score (nSPS) is 23.4. The number of hydrogen-bond acceptors (Lipinski definition) is 3. The number of nitrogens with zero attached hydrogens (tertiary/aromatic N) is 1. The van der Waals surface area contributed by atoms with E-state index in [9.17, 15) is 4.79 Å². The summed E-state index contributed by atoms with van der Waals surface area (Å²) in [6.07, 6.45) is 3.81. The van der Waals surface area contributed by atoms with Crippen molar-refractivity contribution in [1.82, 2.24) is 10.2 Å². The van der Waals surface area contributed by atoms with Crippen LogP contribution in [0.1, 0.15) is 19.8 Å². The molecular weight excluding hydrogens is 204 g/mol. The van der Waals surface area contributed by atoms with Crippen LogP contribution in [0, 0.1) is 5.92 Å². The van der Waals surface area contributed by atoms with Crippen LogP contribution >= 0.6 is 0 Å². The Balaban J connectivity index is 2.17. The van der Waals surface area contributed by atoms with Crippen molar-refractivity contribution in [2.24, 2.45) is 5.92 Å². The Kier molecular flexibility index (Phi) is 5.49. The molecule has 0 aromatic rings. The number of rotatable bonds is 5. The predicted molar refractivity (Wildman–Crippen MR) is 64.5 cm³/mol. The van der Waals surface area contributed by atoms with Crippen LogP contribution in [0.2, 0.25) is 0 Å². The van der Waals surface area contributed by atoms with Gasteiger partial charge < -0.3 is 15.3 Å². The lowest BCUT2D eigenvalue weighted by Gasteiger charge is -2.29. The molecule has 0 aliphatic carbocycles. The number of carboxylic acid groups (broad SMARTS) is 1. The van der Waals surface area contributed by atoms with Crippen LogP contribution in [0.3, 0.4) is 0 Å². The van der Waals surface area contributed by atoms with Gasteiger partial charge in [-0.3, -0.25) is 0 Å².